The minimum absolute atomic E-state index is 0.0351. The molecule has 0 spiro atoms. The first kappa shape index (κ1) is 13.5. The average molecular weight is 264 g/mol. The molecule has 6 nitrogen and oxygen atoms in total. The number of carbonyl (C=O) groups is 1. The number of rotatable bonds is 4. The summed E-state index contributed by atoms with van der Waals surface area (Å²) in [6.45, 7) is 1.73. The Hall–Kier alpha value is -1.95. The Labute approximate surface area is 110 Å². The van der Waals surface area contributed by atoms with Crippen molar-refractivity contribution in [2.45, 2.75) is 31.8 Å². The van der Waals surface area contributed by atoms with Gasteiger partial charge in [0.1, 0.15) is 5.56 Å². The van der Waals surface area contributed by atoms with Crippen LogP contribution in [0.4, 0.5) is 5.69 Å². The van der Waals surface area contributed by atoms with E-state index in [-0.39, 0.29) is 17.8 Å². The van der Waals surface area contributed by atoms with Gasteiger partial charge in [-0.05, 0) is 32.3 Å². The number of nitrogens with zero attached hydrogens (tertiary/aromatic N) is 1. The second-order valence-corrected chi connectivity index (χ2v) is 4.99. The summed E-state index contributed by atoms with van der Waals surface area (Å²) in [5.41, 5.74) is -0.539. The van der Waals surface area contributed by atoms with Gasteiger partial charge in [0, 0.05) is 12.1 Å². The highest BCUT2D eigenvalue weighted by Gasteiger charge is 2.35. The number of aryl methyl sites for hydroxylation is 1. The molecule has 1 aliphatic rings. The number of para-hydroxylation sites is 1. The first-order valence-electron chi connectivity index (χ1n) is 6.17. The third kappa shape index (κ3) is 2.73. The summed E-state index contributed by atoms with van der Waals surface area (Å²) in [6.07, 6.45) is 2.25. The Morgan fingerprint density at radius 1 is 1.53 bits per heavy atom. The summed E-state index contributed by atoms with van der Waals surface area (Å²) in [7, 11) is 0. The summed E-state index contributed by atoms with van der Waals surface area (Å²) >= 11 is 0. The molecular formula is C13H16N2O4. The predicted molar refractivity (Wildman–Crippen MR) is 69.0 cm³/mol. The zero-order valence-corrected chi connectivity index (χ0v) is 10.7. The smallest absolute Gasteiger partial charge is 0.285 e. The molecule has 6 heteroatoms. The van der Waals surface area contributed by atoms with Crippen molar-refractivity contribution in [3.05, 3.63) is 39.4 Å². The molecule has 0 bridgehead atoms. The van der Waals surface area contributed by atoms with Crippen LogP contribution < -0.4 is 5.32 Å². The maximum Gasteiger partial charge on any atom is 0.285 e. The Morgan fingerprint density at radius 3 is 2.74 bits per heavy atom. The molecular weight excluding hydrogens is 248 g/mol. The van der Waals surface area contributed by atoms with Crippen LogP contribution in [0, 0.1) is 17.0 Å². The van der Waals surface area contributed by atoms with Crippen LogP contribution in [0.2, 0.25) is 0 Å². The van der Waals surface area contributed by atoms with Gasteiger partial charge in [-0.3, -0.25) is 14.9 Å². The van der Waals surface area contributed by atoms with E-state index in [0.29, 0.717) is 18.4 Å². The number of amides is 1. The fourth-order valence-electron chi connectivity index (χ4n) is 2.19. The van der Waals surface area contributed by atoms with Crippen molar-refractivity contribution in [3.8, 4) is 0 Å². The van der Waals surface area contributed by atoms with Gasteiger partial charge in [-0.1, -0.05) is 12.1 Å². The van der Waals surface area contributed by atoms with E-state index in [4.69, 9.17) is 0 Å². The average Bonchev–Trinajstić information content (AvgIpc) is 2.32. The highest BCUT2D eigenvalue weighted by molar-refractivity contribution is 5.98. The maximum atomic E-state index is 12.0. The van der Waals surface area contributed by atoms with Gasteiger partial charge >= 0.3 is 0 Å². The van der Waals surface area contributed by atoms with Crippen LogP contribution in [0.5, 0.6) is 0 Å². The van der Waals surface area contributed by atoms with Gasteiger partial charge in [0.05, 0.1) is 10.5 Å². The van der Waals surface area contributed by atoms with E-state index in [0.717, 1.165) is 6.42 Å². The van der Waals surface area contributed by atoms with E-state index >= 15 is 0 Å². The Balaban J connectivity index is 2.14. The summed E-state index contributed by atoms with van der Waals surface area (Å²) in [5.74, 6) is -0.518. The molecule has 2 rings (SSSR count). The fourth-order valence-corrected chi connectivity index (χ4v) is 2.19. The van der Waals surface area contributed by atoms with E-state index in [1.54, 1.807) is 19.1 Å². The predicted octanol–water partition coefficient (Wildman–Crippen LogP) is 1.55. The third-order valence-electron chi connectivity index (χ3n) is 3.53. The van der Waals surface area contributed by atoms with Crippen LogP contribution in [0.15, 0.2) is 18.2 Å². The van der Waals surface area contributed by atoms with Crippen LogP contribution in [-0.2, 0) is 0 Å². The van der Waals surface area contributed by atoms with Gasteiger partial charge in [0.2, 0.25) is 0 Å². The van der Waals surface area contributed by atoms with Crippen LogP contribution in [0.3, 0.4) is 0 Å². The van der Waals surface area contributed by atoms with Gasteiger partial charge in [-0.15, -0.1) is 0 Å². The monoisotopic (exact) mass is 264 g/mol. The van der Waals surface area contributed by atoms with Crippen LogP contribution >= 0.6 is 0 Å². The lowest BCUT2D eigenvalue weighted by Gasteiger charge is -2.36. The lowest BCUT2D eigenvalue weighted by Crippen LogP contribution is -2.47. The Kier molecular flexibility index (Phi) is 3.53. The van der Waals surface area contributed by atoms with Crippen molar-refractivity contribution < 1.29 is 14.8 Å². The van der Waals surface area contributed by atoms with E-state index in [1.165, 1.54) is 6.07 Å². The topological polar surface area (TPSA) is 92.5 Å². The van der Waals surface area contributed by atoms with Crippen LogP contribution in [0.1, 0.15) is 35.2 Å². The standard InChI is InChI=1S/C13H16N2O4/c1-9-4-2-5-10(11(9)15(18)19)12(16)14-8-13(17)6-3-7-13/h2,4-5,17H,3,6-8H2,1H3,(H,14,16). The molecule has 1 fully saturated rings. The van der Waals surface area contributed by atoms with Crippen LogP contribution in [0.25, 0.3) is 0 Å². The summed E-state index contributed by atoms with van der Waals surface area (Å²) in [4.78, 5) is 22.4. The lowest BCUT2D eigenvalue weighted by atomic mass is 9.80. The van der Waals surface area contributed by atoms with Crippen molar-refractivity contribution in [1.82, 2.24) is 5.32 Å². The molecule has 0 heterocycles. The molecule has 1 aromatic carbocycles. The molecule has 0 aromatic heterocycles. The second-order valence-electron chi connectivity index (χ2n) is 4.99. The number of nitro benzene ring substituents is 1. The molecule has 0 atom stereocenters. The van der Waals surface area contributed by atoms with Crippen LogP contribution in [-0.4, -0.2) is 28.1 Å². The molecule has 1 aliphatic carbocycles. The van der Waals surface area contributed by atoms with Crippen molar-refractivity contribution in [1.29, 1.82) is 0 Å². The van der Waals surface area contributed by atoms with Gasteiger partial charge in [-0.2, -0.15) is 0 Å². The zero-order valence-electron chi connectivity index (χ0n) is 10.7. The number of aliphatic hydroxyl groups is 1. The Bertz CT molecular complexity index is 523. The van der Waals surface area contributed by atoms with E-state index in [1.807, 2.05) is 0 Å². The molecule has 1 aromatic rings. The van der Waals surface area contributed by atoms with E-state index in [2.05, 4.69) is 5.32 Å². The number of hydrogen-bond acceptors (Lipinski definition) is 4. The molecule has 1 amide bonds. The van der Waals surface area contributed by atoms with Gasteiger partial charge in [0.15, 0.2) is 0 Å². The molecule has 0 saturated heterocycles. The normalized spacial score (nSPS) is 16.5. The highest BCUT2D eigenvalue weighted by Crippen LogP contribution is 2.31. The molecule has 0 radical (unpaired) electrons. The zero-order chi connectivity index (χ0) is 14.0. The summed E-state index contributed by atoms with van der Waals surface area (Å²) in [6, 6.07) is 4.62. The second kappa shape index (κ2) is 4.97. The largest absolute Gasteiger partial charge is 0.388 e. The number of carbonyl (C=O) groups excluding carboxylic acids is 1. The number of hydrogen-bond donors (Lipinski definition) is 2. The molecule has 2 N–H and O–H groups in total. The minimum atomic E-state index is -0.839. The quantitative estimate of drug-likeness (QED) is 0.637. The first-order chi connectivity index (χ1) is 8.93. The number of benzene rings is 1. The fraction of sp³-hybridized carbons (Fsp3) is 0.462. The molecule has 1 saturated carbocycles. The molecule has 19 heavy (non-hydrogen) atoms. The summed E-state index contributed by atoms with van der Waals surface area (Å²) < 4.78 is 0. The number of nitro groups is 1. The van der Waals surface area contributed by atoms with Gasteiger partial charge in [-0.25, -0.2) is 0 Å². The SMILES string of the molecule is Cc1cccc(C(=O)NCC2(O)CCC2)c1[N+](=O)[O-]. The Morgan fingerprint density at radius 2 is 2.21 bits per heavy atom. The highest BCUT2D eigenvalue weighted by atomic mass is 16.6. The van der Waals surface area contributed by atoms with E-state index < -0.39 is 16.4 Å². The molecule has 102 valence electrons. The van der Waals surface area contributed by atoms with Gasteiger partial charge in [0.25, 0.3) is 11.6 Å². The molecule has 0 unspecified atom stereocenters. The third-order valence-corrected chi connectivity index (χ3v) is 3.53. The van der Waals surface area contributed by atoms with Crippen molar-refractivity contribution in [3.63, 3.8) is 0 Å². The molecule has 0 aliphatic heterocycles. The summed E-state index contributed by atoms with van der Waals surface area (Å²) in [5, 5.41) is 23.5. The minimum Gasteiger partial charge on any atom is -0.388 e. The lowest BCUT2D eigenvalue weighted by molar-refractivity contribution is -0.385. The first-order valence-corrected chi connectivity index (χ1v) is 6.17. The van der Waals surface area contributed by atoms with Crippen molar-refractivity contribution in [2.75, 3.05) is 6.54 Å². The van der Waals surface area contributed by atoms with Crippen molar-refractivity contribution >= 4 is 11.6 Å². The van der Waals surface area contributed by atoms with Crippen molar-refractivity contribution in [2.24, 2.45) is 0 Å². The maximum absolute atomic E-state index is 12.0. The van der Waals surface area contributed by atoms with Gasteiger partial charge < -0.3 is 10.4 Å². The number of nitrogens with one attached hydrogen (secondary N) is 1. The van der Waals surface area contributed by atoms with E-state index in [9.17, 15) is 20.0 Å².